The zero-order valence-electron chi connectivity index (χ0n) is 18.8. The number of aromatic nitrogens is 2. The van der Waals surface area contributed by atoms with Crippen molar-refractivity contribution in [3.8, 4) is 40.9 Å². The summed E-state index contributed by atoms with van der Waals surface area (Å²) in [6, 6.07) is 21.2. The summed E-state index contributed by atoms with van der Waals surface area (Å²) in [6.07, 6.45) is 3.54. The van der Waals surface area contributed by atoms with Gasteiger partial charge < -0.3 is 14.2 Å². The number of benzene rings is 3. The van der Waals surface area contributed by atoms with E-state index >= 15 is 0 Å². The second kappa shape index (κ2) is 8.74. The molecule has 5 heteroatoms. The highest BCUT2D eigenvalue weighted by molar-refractivity contribution is 6.09. The van der Waals surface area contributed by atoms with E-state index in [0.717, 1.165) is 55.6 Å². The lowest BCUT2D eigenvalue weighted by Crippen LogP contribution is -1.94. The van der Waals surface area contributed by atoms with Crippen LogP contribution in [0.2, 0.25) is 0 Å². The zero-order valence-corrected chi connectivity index (χ0v) is 18.8. The van der Waals surface area contributed by atoms with Crippen LogP contribution in [0, 0.1) is 23.7 Å². The summed E-state index contributed by atoms with van der Waals surface area (Å²) in [5, 5.41) is 1.82. The summed E-state index contributed by atoms with van der Waals surface area (Å²) in [4.78, 5) is 9.24. The number of fused-ring (bicyclic) bond motifs is 4. The molecule has 0 N–H and O–H groups in total. The van der Waals surface area contributed by atoms with Crippen LogP contribution >= 0.6 is 0 Å². The van der Waals surface area contributed by atoms with Gasteiger partial charge >= 0.3 is 0 Å². The molecule has 166 valence electrons. The van der Waals surface area contributed by atoms with Crippen LogP contribution in [-0.4, -0.2) is 23.9 Å². The zero-order chi connectivity index (χ0) is 23.6. The van der Waals surface area contributed by atoms with Gasteiger partial charge in [-0.25, -0.2) is 0 Å². The van der Waals surface area contributed by atoms with Gasteiger partial charge in [-0.3, -0.25) is 9.97 Å². The second-order valence-corrected chi connectivity index (χ2v) is 7.85. The first-order chi connectivity index (χ1) is 17.3. The second-order valence-electron chi connectivity index (χ2n) is 7.85. The van der Waals surface area contributed by atoms with Crippen LogP contribution in [0.3, 0.4) is 0 Å². The summed E-state index contributed by atoms with van der Waals surface area (Å²) >= 11 is 0. The Morgan fingerprint density at radius 2 is 1.29 bits per heavy atom. The van der Waals surface area contributed by atoms with Crippen LogP contribution in [-0.2, 0) is 0 Å². The van der Waals surface area contributed by atoms with Crippen molar-refractivity contribution >= 4 is 21.8 Å². The number of nitrogens with zero attached hydrogens (tertiary/aromatic N) is 2. The molecule has 1 aliphatic heterocycles. The first-order valence-electron chi connectivity index (χ1n) is 11.0. The minimum Gasteiger partial charge on any atom is -0.497 e. The molecule has 2 aromatic heterocycles. The fourth-order valence-electron chi connectivity index (χ4n) is 4.04. The van der Waals surface area contributed by atoms with Gasteiger partial charge in [0.05, 0.1) is 29.3 Å². The molecule has 3 heterocycles. The maximum Gasteiger partial charge on any atom is 0.231 e. The first kappa shape index (κ1) is 20.6. The van der Waals surface area contributed by atoms with Gasteiger partial charge in [-0.2, -0.15) is 0 Å². The van der Waals surface area contributed by atoms with E-state index in [4.69, 9.17) is 14.2 Å². The van der Waals surface area contributed by atoms with Crippen molar-refractivity contribution in [2.45, 2.75) is 0 Å². The third-order valence-corrected chi connectivity index (χ3v) is 5.75. The highest BCUT2D eigenvalue weighted by Crippen LogP contribution is 2.33. The average Bonchev–Trinajstić information content (AvgIpc) is 3.39. The van der Waals surface area contributed by atoms with E-state index in [2.05, 4.69) is 33.6 Å². The summed E-state index contributed by atoms with van der Waals surface area (Å²) in [7, 11) is 1.65. The van der Waals surface area contributed by atoms with Crippen LogP contribution in [0.1, 0.15) is 22.3 Å². The molecule has 0 atom stereocenters. The van der Waals surface area contributed by atoms with Crippen LogP contribution in [0.4, 0.5) is 0 Å². The Labute approximate surface area is 202 Å². The molecular weight excluding hydrogens is 436 g/mol. The predicted octanol–water partition coefficient (Wildman–Crippen LogP) is 5.32. The quantitative estimate of drug-likeness (QED) is 0.254. The largest absolute Gasteiger partial charge is 0.497 e. The van der Waals surface area contributed by atoms with Crippen molar-refractivity contribution in [2.75, 3.05) is 13.9 Å². The molecule has 0 spiro atoms. The molecule has 0 aliphatic carbocycles. The molecule has 3 aromatic carbocycles. The molecule has 0 saturated carbocycles. The molecule has 0 unspecified atom stereocenters. The van der Waals surface area contributed by atoms with E-state index in [1.807, 2.05) is 66.7 Å². The van der Waals surface area contributed by atoms with E-state index in [1.165, 1.54) is 0 Å². The molecule has 0 radical (unpaired) electrons. The van der Waals surface area contributed by atoms with Crippen molar-refractivity contribution < 1.29 is 14.2 Å². The van der Waals surface area contributed by atoms with Gasteiger partial charge in [-0.05, 0) is 66.7 Å². The lowest BCUT2D eigenvalue weighted by atomic mass is 9.96. The van der Waals surface area contributed by atoms with E-state index in [9.17, 15) is 0 Å². The lowest BCUT2D eigenvalue weighted by molar-refractivity contribution is 0.174. The Morgan fingerprint density at radius 3 is 1.94 bits per heavy atom. The Balaban J connectivity index is 1.57. The molecule has 0 fully saturated rings. The van der Waals surface area contributed by atoms with Gasteiger partial charge in [-0.1, -0.05) is 23.7 Å². The minimum absolute atomic E-state index is 0.227. The fourth-order valence-corrected chi connectivity index (χ4v) is 4.04. The Morgan fingerprint density at radius 1 is 0.686 bits per heavy atom. The summed E-state index contributed by atoms with van der Waals surface area (Å²) < 4.78 is 16.2. The molecule has 5 nitrogen and oxygen atoms in total. The Hall–Kier alpha value is -5.00. The van der Waals surface area contributed by atoms with E-state index in [-0.39, 0.29) is 6.79 Å². The van der Waals surface area contributed by atoms with Crippen LogP contribution in [0.5, 0.6) is 17.2 Å². The number of ether oxygens (including phenoxy) is 3. The third-order valence-electron chi connectivity index (χ3n) is 5.75. The van der Waals surface area contributed by atoms with Crippen molar-refractivity contribution in [2.24, 2.45) is 0 Å². The average molecular weight is 454 g/mol. The first-order valence-corrected chi connectivity index (χ1v) is 11.0. The molecule has 0 saturated heterocycles. The number of rotatable bonds is 1. The SMILES string of the molecule is COc1ccc(C#Cc2c(C#Cc3ccc4c(c3)OCO4)c3cccnc3c3ncccc23)cc1. The normalized spacial score (nSPS) is 11.5. The van der Waals surface area contributed by atoms with Crippen LogP contribution in [0.15, 0.2) is 79.1 Å². The predicted molar refractivity (Wildman–Crippen MR) is 135 cm³/mol. The fraction of sp³-hybridized carbons (Fsp3) is 0.0667. The highest BCUT2D eigenvalue weighted by Gasteiger charge is 2.15. The Bertz CT molecular complexity index is 1720. The minimum atomic E-state index is 0.227. The number of hydrogen-bond acceptors (Lipinski definition) is 5. The lowest BCUT2D eigenvalue weighted by Gasteiger charge is -2.09. The van der Waals surface area contributed by atoms with E-state index < -0.39 is 0 Å². The summed E-state index contributed by atoms with van der Waals surface area (Å²) in [5.41, 5.74) is 4.93. The van der Waals surface area contributed by atoms with Gasteiger partial charge in [-0.15, -0.1) is 0 Å². The molecule has 1 aliphatic rings. The Kier molecular flexibility index (Phi) is 5.14. The van der Waals surface area contributed by atoms with Crippen molar-refractivity contribution in [3.05, 3.63) is 101 Å². The van der Waals surface area contributed by atoms with Gasteiger partial charge in [0.1, 0.15) is 5.75 Å². The van der Waals surface area contributed by atoms with E-state index in [1.54, 1.807) is 19.5 Å². The molecule has 0 bridgehead atoms. The number of pyridine rings is 2. The maximum atomic E-state index is 5.51. The molecule has 5 aromatic rings. The van der Waals surface area contributed by atoms with Crippen LogP contribution in [0.25, 0.3) is 21.8 Å². The standard InChI is InChI=1S/C30H18N2O3/c1-33-22-11-6-20(7-12-22)8-13-23-24(14-9-21-10-15-27-28(18-21)35-19-34-27)26-5-3-17-32-30(26)29-25(23)4-2-16-31-29/h2-7,10-12,15-18H,19H2,1H3. The topological polar surface area (TPSA) is 53.5 Å². The third kappa shape index (κ3) is 3.86. The van der Waals surface area contributed by atoms with Crippen LogP contribution < -0.4 is 14.2 Å². The monoisotopic (exact) mass is 454 g/mol. The molecule has 35 heavy (non-hydrogen) atoms. The van der Waals surface area contributed by atoms with Crippen molar-refractivity contribution in [3.63, 3.8) is 0 Å². The van der Waals surface area contributed by atoms with Crippen molar-refractivity contribution in [1.82, 2.24) is 9.97 Å². The van der Waals surface area contributed by atoms with Gasteiger partial charge in [0.15, 0.2) is 11.5 Å². The maximum absolute atomic E-state index is 5.51. The van der Waals surface area contributed by atoms with Crippen molar-refractivity contribution in [1.29, 1.82) is 0 Å². The number of hydrogen-bond donors (Lipinski definition) is 0. The summed E-state index contributed by atoms with van der Waals surface area (Å²) in [5.74, 6) is 15.5. The summed E-state index contributed by atoms with van der Waals surface area (Å²) in [6.45, 7) is 0.227. The highest BCUT2D eigenvalue weighted by atomic mass is 16.7. The smallest absolute Gasteiger partial charge is 0.231 e. The van der Waals surface area contributed by atoms with Gasteiger partial charge in [0.2, 0.25) is 6.79 Å². The molecular formula is C30H18N2O3. The molecule has 0 amide bonds. The number of methoxy groups -OCH3 is 1. The van der Waals surface area contributed by atoms with Gasteiger partial charge in [0.25, 0.3) is 0 Å². The molecule has 6 rings (SSSR count). The van der Waals surface area contributed by atoms with Gasteiger partial charge in [0, 0.05) is 34.3 Å². The van der Waals surface area contributed by atoms with E-state index in [0.29, 0.717) is 5.75 Å².